The lowest BCUT2D eigenvalue weighted by molar-refractivity contribution is 0.0921. The molecular weight excluding hydrogens is 224 g/mol. The fraction of sp³-hybridized carbons (Fsp3) is 0.417. The Morgan fingerprint density at radius 3 is 2.44 bits per heavy atom. The van der Waals surface area contributed by atoms with Crippen LogP contribution in [0.5, 0.6) is 0 Å². The Kier molecular flexibility index (Phi) is 5.46. The van der Waals surface area contributed by atoms with Gasteiger partial charge in [-0.2, -0.15) is 0 Å². The number of carbonyl (C=O) groups excluding carboxylic acids is 1. The Hall–Kier alpha value is -0.900. The summed E-state index contributed by atoms with van der Waals surface area (Å²) in [5, 5.41) is 3.27. The van der Waals surface area contributed by atoms with Gasteiger partial charge in [0.2, 0.25) is 0 Å². The van der Waals surface area contributed by atoms with Gasteiger partial charge >= 0.3 is 0 Å². The lowest BCUT2D eigenvalue weighted by Crippen LogP contribution is -2.45. The number of ketones is 1. The third-order valence-corrected chi connectivity index (χ3v) is 2.67. The maximum absolute atomic E-state index is 11.9. The van der Waals surface area contributed by atoms with Crippen molar-refractivity contribution in [3.63, 3.8) is 0 Å². The van der Waals surface area contributed by atoms with E-state index in [1.807, 2.05) is 30.3 Å². The Morgan fingerprint density at radius 2 is 1.81 bits per heavy atom. The monoisotopic (exact) mass is 240 g/mol. The zero-order chi connectivity index (χ0) is 10.5. The number of carbonyl (C=O) groups is 1. The van der Waals surface area contributed by atoms with Gasteiger partial charge in [-0.05, 0) is 0 Å². The number of hydrogen-bond donors (Lipinski definition) is 1. The van der Waals surface area contributed by atoms with Gasteiger partial charge in [-0.25, -0.2) is 0 Å². The zero-order valence-electron chi connectivity index (χ0n) is 9.19. The highest BCUT2D eigenvalue weighted by Gasteiger charge is 2.14. The van der Waals surface area contributed by atoms with Crippen molar-refractivity contribution in [1.82, 2.24) is 10.2 Å². The minimum atomic E-state index is 0. The van der Waals surface area contributed by atoms with Gasteiger partial charge in [0, 0.05) is 31.7 Å². The molecular formula is C12H17ClN2O. The number of halogens is 1. The molecule has 0 amide bonds. The van der Waals surface area contributed by atoms with E-state index in [-0.39, 0.29) is 18.2 Å². The minimum absolute atomic E-state index is 0. The third-order valence-electron chi connectivity index (χ3n) is 2.67. The average molecular weight is 241 g/mol. The van der Waals surface area contributed by atoms with Crippen LogP contribution in [-0.4, -0.2) is 43.4 Å². The van der Waals surface area contributed by atoms with E-state index >= 15 is 0 Å². The van der Waals surface area contributed by atoms with Crippen LogP contribution >= 0.6 is 12.4 Å². The van der Waals surface area contributed by atoms with E-state index in [1.165, 1.54) is 0 Å². The molecule has 4 heteroatoms. The van der Waals surface area contributed by atoms with Gasteiger partial charge in [0.05, 0.1) is 6.54 Å². The van der Waals surface area contributed by atoms with E-state index in [2.05, 4.69) is 10.2 Å². The van der Waals surface area contributed by atoms with Gasteiger partial charge in [0.15, 0.2) is 5.78 Å². The second-order valence-corrected chi connectivity index (χ2v) is 3.82. The molecule has 0 spiro atoms. The van der Waals surface area contributed by atoms with Crippen LogP contribution in [-0.2, 0) is 0 Å². The average Bonchev–Trinajstić information content (AvgIpc) is 2.31. The van der Waals surface area contributed by atoms with Gasteiger partial charge < -0.3 is 5.32 Å². The summed E-state index contributed by atoms with van der Waals surface area (Å²) in [6, 6.07) is 9.51. The van der Waals surface area contributed by atoms with Gasteiger partial charge in [0.25, 0.3) is 0 Å². The van der Waals surface area contributed by atoms with E-state index in [0.717, 1.165) is 31.7 Å². The van der Waals surface area contributed by atoms with Crippen molar-refractivity contribution in [3.05, 3.63) is 35.9 Å². The molecule has 1 aliphatic rings. The van der Waals surface area contributed by atoms with Crippen molar-refractivity contribution >= 4 is 18.2 Å². The Morgan fingerprint density at radius 1 is 1.19 bits per heavy atom. The van der Waals surface area contributed by atoms with Crippen LogP contribution in [0.2, 0.25) is 0 Å². The van der Waals surface area contributed by atoms with Gasteiger partial charge in [-0.3, -0.25) is 9.69 Å². The number of rotatable bonds is 3. The summed E-state index contributed by atoms with van der Waals surface area (Å²) in [6.45, 7) is 4.47. The highest BCUT2D eigenvalue weighted by atomic mass is 35.5. The molecule has 1 saturated heterocycles. The summed E-state index contributed by atoms with van der Waals surface area (Å²) in [7, 11) is 0. The molecule has 0 aliphatic carbocycles. The molecule has 0 saturated carbocycles. The molecule has 1 fully saturated rings. The normalized spacial score (nSPS) is 16.5. The maximum atomic E-state index is 11.9. The molecule has 1 aliphatic heterocycles. The van der Waals surface area contributed by atoms with Gasteiger partial charge in [0.1, 0.15) is 0 Å². The summed E-state index contributed by atoms with van der Waals surface area (Å²) in [5.74, 6) is 0.220. The van der Waals surface area contributed by atoms with Crippen molar-refractivity contribution in [3.8, 4) is 0 Å². The summed E-state index contributed by atoms with van der Waals surface area (Å²) in [6.07, 6.45) is 0. The summed E-state index contributed by atoms with van der Waals surface area (Å²) in [5.41, 5.74) is 0.816. The number of Topliss-reactive ketones (excluding diaryl/α,β-unsaturated/α-hetero) is 1. The van der Waals surface area contributed by atoms with Crippen LogP contribution in [0.3, 0.4) is 0 Å². The number of benzene rings is 1. The van der Waals surface area contributed by atoms with Crippen LogP contribution in [0, 0.1) is 0 Å². The first-order chi connectivity index (χ1) is 7.36. The van der Waals surface area contributed by atoms with Crippen molar-refractivity contribution in [2.45, 2.75) is 0 Å². The molecule has 88 valence electrons. The molecule has 1 heterocycles. The summed E-state index contributed by atoms with van der Waals surface area (Å²) < 4.78 is 0. The van der Waals surface area contributed by atoms with E-state index in [0.29, 0.717) is 6.54 Å². The largest absolute Gasteiger partial charge is 0.314 e. The number of nitrogens with one attached hydrogen (secondary N) is 1. The lowest BCUT2D eigenvalue weighted by atomic mass is 10.1. The quantitative estimate of drug-likeness (QED) is 0.806. The molecule has 0 aromatic heterocycles. The Labute approximate surface area is 102 Å². The van der Waals surface area contributed by atoms with Crippen molar-refractivity contribution in [2.75, 3.05) is 32.7 Å². The molecule has 2 rings (SSSR count). The van der Waals surface area contributed by atoms with E-state index in [4.69, 9.17) is 0 Å². The highest BCUT2D eigenvalue weighted by molar-refractivity contribution is 5.97. The number of piperazine rings is 1. The zero-order valence-corrected chi connectivity index (χ0v) is 10.0. The van der Waals surface area contributed by atoms with Crippen LogP contribution in [0.1, 0.15) is 10.4 Å². The SMILES string of the molecule is Cl.O=C(CN1CCNCC1)c1ccccc1. The Balaban J connectivity index is 0.00000128. The third kappa shape index (κ3) is 3.59. The topological polar surface area (TPSA) is 32.3 Å². The molecule has 16 heavy (non-hydrogen) atoms. The van der Waals surface area contributed by atoms with Crippen LogP contribution in [0.15, 0.2) is 30.3 Å². The molecule has 1 aromatic rings. The second-order valence-electron chi connectivity index (χ2n) is 3.82. The van der Waals surface area contributed by atoms with Crippen molar-refractivity contribution in [2.24, 2.45) is 0 Å². The highest BCUT2D eigenvalue weighted by Crippen LogP contribution is 2.02. The lowest BCUT2D eigenvalue weighted by Gasteiger charge is -2.26. The molecule has 1 aromatic carbocycles. The molecule has 0 unspecified atom stereocenters. The maximum Gasteiger partial charge on any atom is 0.176 e. The predicted octanol–water partition coefficient (Wildman–Crippen LogP) is 1.20. The fourth-order valence-corrected chi connectivity index (χ4v) is 1.79. The van der Waals surface area contributed by atoms with E-state index < -0.39 is 0 Å². The van der Waals surface area contributed by atoms with E-state index in [1.54, 1.807) is 0 Å². The molecule has 0 radical (unpaired) electrons. The molecule has 0 bridgehead atoms. The summed E-state index contributed by atoms with van der Waals surface area (Å²) >= 11 is 0. The molecule has 0 atom stereocenters. The summed E-state index contributed by atoms with van der Waals surface area (Å²) in [4.78, 5) is 14.1. The first-order valence-electron chi connectivity index (χ1n) is 5.37. The number of nitrogens with zero attached hydrogens (tertiary/aromatic N) is 1. The van der Waals surface area contributed by atoms with Crippen molar-refractivity contribution in [1.29, 1.82) is 0 Å². The molecule has 1 N–H and O–H groups in total. The Bertz CT molecular complexity index is 323. The molecule has 3 nitrogen and oxygen atoms in total. The first kappa shape index (κ1) is 13.2. The smallest absolute Gasteiger partial charge is 0.176 e. The second kappa shape index (κ2) is 6.63. The van der Waals surface area contributed by atoms with Crippen molar-refractivity contribution < 1.29 is 4.79 Å². The van der Waals surface area contributed by atoms with Gasteiger partial charge in [-0.15, -0.1) is 12.4 Å². The van der Waals surface area contributed by atoms with Crippen LogP contribution in [0.4, 0.5) is 0 Å². The van der Waals surface area contributed by atoms with Crippen LogP contribution < -0.4 is 5.32 Å². The predicted molar refractivity (Wildman–Crippen MR) is 67.3 cm³/mol. The van der Waals surface area contributed by atoms with E-state index in [9.17, 15) is 4.79 Å². The van der Waals surface area contributed by atoms with Crippen LogP contribution in [0.25, 0.3) is 0 Å². The minimum Gasteiger partial charge on any atom is -0.314 e. The first-order valence-corrected chi connectivity index (χ1v) is 5.37. The standard InChI is InChI=1S/C12H16N2O.ClH/c15-12(11-4-2-1-3-5-11)10-14-8-6-13-7-9-14;/h1-5,13H,6-10H2;1H. The van der Waals surface area contributed by atoms with Gasteiger partial charge in [-0.1, -0.05) is 30.3 Å². The fourth-order valence-electron chi connectivity index (χ4n) is 1.79. The number of hydrogen-bond acceptors (Lipinski definition) is 3.